The van der Waals surface area contributed by atoms with Gasteiger partial charge in [-0.2, -0.15) is 5.10 Å². The Kier molecular flexibility index (Phi) is 13.1. The molecule has 4 N–H and O–H groups in total. The summed E-state index contributed by atoms with van der Waals surface area (Å²) >= 11 is 0. The zero-order valence-electron chi connectivity index (χ0n) is 40.1. The Morgan fingerprint density at radius 3 is 2.36 bits per heavy atom. The molecule has 0 atom stereocenters. The van der Waals surface area contributed by atoms with Gasteiger partial charge in [-0.3, -0.25) is 37.7 Å². The smallest absolute Gasteiger partial charge is 0.328 e. The molecule has 3 amide bonds. The second-order valence-electron chi connectivity index (χ2n) is 17.9. The van der Waals surface area contributed by atoms with Crippen LogP contribution >= 0.6 is 0 Å². The van der Waals surface area contributed by atoms with Crippen molar-refractivity contribution in [2.75, 3.05) is 49.4 Å². The number of aromatic amines is 1. The van der Waals surface area contributed by atoms with Crippen molar-refractivity contribution in [3.63, 3.8) is 0 Å². The third kappa shape index (κ3) is 10.1. The Balaban J connectivity index is 0.756. The van der Waals surface area contributed by atoms with Crippen molar-refractivity contribution < 1.29 is 36.7 Å². The van der Waals surface area contributed by atoms with E-state index in [-0.39, 0.29) is 65.0 Å². The first-order valence-electron chi connectivity index (χ1n) is 23.8. The van der Waals surface area contributed by atoms with E-state index in [1.807, 2.05) is 10.6 Å². The van der Waals surface area contributed by atoms with E-state index in [0.29, 0.717) is 46.5 Å². The minimum atomic E-state index is -4.37. The van der Waals surface area contributed by atoms with Crippen molar-refractivity contribution in [1.82, 2.24) is 48.8 Å². The maximum atomic E-state index is 15.7. The standard InChI is InChI=1S/C51H51FN12O8S/c1-4-5-20-71-35-9-7-10-36(23-35)72-45-25-43-42(60(2)51(68)61(43)3)24-40(45)59-73(69,70)37-11-6-8-32(21-37)49(66)54-29-46(65)62-16-18-63(19-17-62)50(67)33-14-15-39(38(52)22-33)57-47-48-53-28-44(34-26-55-56-27-34)64(48)30-41(58-47)31-12-13-31/h6-11,14-15,21-28,30-31,59H,4-5,12-13,16-20,29H2,1-3H3,(H,54,66)(H,55,56)(H,57,58). The minimum Gasteiger partial charge on any atom is -0.493 e. The number of hydrogen-bond donors (Lipinski definition) is 4. The fourth-order valence-electron chi connectivity index (χ4n) is 8.65. The normalized spacial score (nSPS) is 13.9. The highest BCUT2D eigenvalue weighted by Gasteiger charge is 2.29. The third-order valence-corrected chi connectivity index (χ3v) is 14.3. The number of piperazine rings is 1. The number of halogens is 1. The molecule has 1 aliphatic carbocycles. The van der Waals surface area contributed by atoms with Crippen LogP contribution in [-0.4, -0.2) is 109 Å². The monoisotopic (exact) mass is 1010 g/mol. The van der Waals surface area contributed by atoms with Crippen molar-refractivity contribution in [3.05, 3.63) is 137 Å². The number of nitrogens with zero attached hydrogens (tertiary/aromatic N) is 8. The molecule has 1 saturated carbocycles. The highest BCUT2D eigenvalue weighted by molar-refractivity contribution is 7.92. The number of ether oxygens (including phenoxy) is 2. The summed E-state index contributed by atoms with van der Waals surface area (Å²) < 4.78 is 63.1. The van der Waals surface area contributed by atoms with E-state index >= 15 is 4.39 Å². The highest BCUT2D eigenvalue weighted by Crippen LogP contribution is 2.41. The van der Waals surface area contributed by atoms with Gasteiger partial charge in [0, 0.05) is 87.4 Å². The van der Waals surface area contributed by atoms with E-state index in [2.05, 4.69) is 37.5 Å². The predicted molar refractivity (Wildman–Crippen MR) is 269 cm³/mol. The van der Waals surface area contributed by atoms with Crippen LogP contribution in [0.15, 0.2) is 113 Å². The molecule has 2 fully saturated rings. The molecule has 0 bridgehead atoms. The lowest BCUT2D eigenvalue weighted by Gasteiger charge is -2.35. The van der Waals surface area contributed by atoms with Gasteiger partial charge in [0.05, 0.1) is 64.2 Å². The molecule has 73 heavy (non-hydrogen) atoms. The number of imidazole rings is 2. The molecular weight excluding hydrogens is 960 g/mol. The van der Waals surface area contributed by atoms with E-state index < -0.39 is 40.1 Å². The van der Waals surface area contributed by atoms with Crippen LogP contribution in [0.3, 0.4) is 0 Å². The molecule has 0 unspecified atom stereocenters. The Labute approximate surface area is 417 Å². The van der Waals surface area contributed by atoms with Crippen molar-refractivity contribution in [2.45, 2.75) is 43.4 Å². The first-order valence-corrected chi connectivity index (χ1v) is 25.2. The number of anilines is 3. The number of fused-ring (bicyclic) bond motifs is 2. The zero-order chi connectivity index (χ0) is 51.0. The Hall–Kier alpha value is -8.53. The summed E-state index contributed by atoms with van der Waals surface area (Å²) in [6, 6.07) is 19.5. The molecular formula is C51H51FN12O8S. The van der Waals surface area contributed by atoms with Crippen LogP contribution in [0.4, 0.5) is 21.6 Å². The molecule has 22 heteroatoms. The lowest BCUT2D eigenvalue weighted by molar-refractivity contribution is -0.131. The van der Waals surface area contributed by atoms with Gasteiger partial charge in [-0.05, 0) is 73.9 Å². The molecule has 8 aromatic rings. The molecule has 2 aliphatic rings. The summed E-state index contributed by atoms with van der Waals surface area (Å²) in [7, 11) is -1.20. The number of benzene rings is 4. The summed E-state index contributed by atoms with van der Waals surface area (Å²) in [4.78, 5) is 65.3. The van der Waals surface area contributed by atoms with Gasteiger partial charge >= 0.3 is 5.69 Å². The summed E-state index contributed by atoms with van der Waals surface area (Å²) in [5.74, 6) is -0.430. The number of carbonyl (C=O) groups is 3. The summed E-state index contributed by atoms with van der Waals surface area (Å²) in [5, 5.41) is 12.5. The molecule has 0 spiro atoms. The third-order valence-electron chi connectivity index (χ3n) is 12.9. The Morgan fingerprint density at radius 1 is 0.863 bits per heavy atom. The fraction of sp³-hybridized carbons (Fsp3) is 0.275. The number of unbranched alkanes of at least 4 members (excludes halogenated alkanes) is 1. The van der Waals surface area contributed by atoms with Crippen LogP contribution in [0, 0.1) is 5.82 Å². The van der Waals surface area contributed by atoms with Gasteiger partial charge in [-0.15, -0.1) is 0 Å². The fourth-order valence-corrected chi connectivity index (χ4v) is 9.75. The molecule has 0 radical (unpaired) electrons. The van der Waals surface area contributed by atoms with Crippen LogP contribution in [0.2, 0.25) is 0 Å². The summed E-state index contributed by atoms with van der Waals surface area (Å²) in [6.45, 7) is 2.85. The average Bonchev–Trinajstić information content (AvgIpc) is 3.86. The molecule has 1 aliphatic heterocycles. The van der Waals surface area contributed by atoms with Crippen molar-refractivity contribution in [2.24, 2.45) is 14.1 Å². The van der Waals surface area contributed by atoms with Crippen LogP contribution in [0.5, 0.6) is 17.2 Å². The predicted octanol–water partition coefficient (Wildman–Crippen LogP) is 6.56. The van der Waals surface area contributed by atoms with Crippen LogP contribution < -0.4 is 30.5 Å². The lowest BCUT2D eigenvalue weighted by Crippen LogP contribution is -2.52. The van der Waals surface area contributed by atoms with Gasteiger partial charge in [0.15, 0.2) is 17.2 Å². The molecule has 1 saturated heterocycles. The van der Waals surface area contributed by atoms with Gasteiger partial charge in [-0.1, -0.05) is 25.5 Å². The maximum absolute atomic E-state index is 15.7. The number of rotatable bonds is 17. The van der Waals surface area contributed by atoms with E-state index in [1.165, 1.54) is 67.5 Å². The van der Waals surface area contributed by atoms with Crippen LogP contribution in [0.1, 0.15) is 64.9 Å². The lowest BCUT2D eigenvalue weighted by atomic mass is 10.1. The Bertz CT molecular complexity index is 3600. The van der Waals surface area contributed by atoms with E-state index in [1.54, 1.807) is 63.0 Å². The number of H-pyrrole nitrogens is 1. The molecule has 20 nitrogen and oxygen atoms in total. The number of aryl methyl sites for hydroxylation is 2. The van der Waals surface area contributed by atoms with Crippen molar-refractivity contribution in [1.29, 1.82) is 0 Å². The molecule has 4 aromatic carbocycles. The molecule has 5 heterocycles. The van der Waals surface area contributed by atoms with Gasteiger partial charge in [0.1, 0.15) is 17.3 Å². The number of carbonyl (C=O) groups excluding carboxylic acids is 3. The van der Waals surface area contributed by atoms with Gasteiger partial charge < -0.3 is 29.9 Å². The van der Waals surface area contributed by atoms with Crippen LogP contribution in [0.25, 0.3) is 27.9 Å². The average molecular weight is 1010 g/mol. The van der Waals surface area contributed by atoms with Crippen molar-refractivity contribution >= 4 is 61.6 Å². The number of aromatic nitrogens is 7. The van der Waals surface area contributed by atoms with Gasteiger partial charge in [0.2, 0.25) is 5.91 Å². The number of amides is 3. The first-order chi connectivity index (χ1) is 35.2. The topological polar surface area (TPSA) is 232 Å². The maximum Gasteiger partial charge on any atom is 0.328 e. The second-order valence-corrected chi connectivity index (χ2v) is 19.6. The summed E-state index contributed by atoms with van der Waals surface area (Å²) in [5.41, 5.74) is 3.89. The van der Waals surface area contributed by atoms with E-state index in [0.717, 1.165) is 42.6 Å². The zero-order valence-corrected chi connectivity index (χ0v) is 40.9. The molecule has 10 rings (SSSR count). The van der Waals surface area contributed by atoms with Crippen LogP contribution in [-0.2, 0) is 28.9 Å². The SMILES string of the molecule is CCCCOc1cccc(Oc2cc3c(cc2NS(=O)(=O)c2cccc(C(=O)NCC(=O)N4CCN(C(=O)c5ccc(Nc6nc(C7CC7)cn7c(-c8cn[nH]c8)cnc67)c(F)c5)CC4)c2)n(C)c(=O)n3C)c1. The molecule has 376 valence electrons. The van der Waals surface area contributed by atoms with E-state index in [9.17, 15) is 27.6 Å². The quantitative estimate of drug-likeness (QED) is 0.0711. The summed E-state index contributed by atoms with van der Waals surface area (Å²) in [6.07, 6.45) is 11.0. The minimum absolute atomic E-state index is 0.0193. The number of hydrogen-bond acceptors (Lipinski definition) is 12. The molecule has 4 aromatic heterocycles. The Morgan fingerprint density at radius 2 is 1.62 bits per heavy atom. The van der Waals surface area contributed by atoms with Gasteiger partial charge in [-0.25, -0.2) is 27.6 Å². The largest absolute Gasteiger partial charge is 0.493 e. The number of nitrogens with one attached hydrogen (secondary N) is 4. The van der Waals surface area contributed by atoms with E-state index in [4.69, 9.17) is 14.5 Å². The second kappa shape index (κ2) is 19.9. The highest BCUT2D eigenvalue weighted by atomic mass is 32.2. The first kappa shape index (κ1) is 48.1. The number of sulfonamides is 1. The van der Waals surface area contributed by atoms with Gasteiger partial charge in [0.25, 0.3) is 21.8 Å². The van der Waals surface area contributed by atoms with Crippen molar-refractivity contribution in [3.8, 4) is 28.5 Å².